The minimum Gasteiger partial charge on any atom is -0.481 e. The van der Waals surface area contributed by atoms with E-state index in [2.05, 4.69) is 0 Å². The molecule has 1 aromatic rings. The number of piperidine rings is 1. The molecular formula is C17H22N2O5S. The van der Waals surface area contributed by atoms with Crippen molar-refractivity contribution in [3.05, 3.63) is 24.3 Å². The van der Waals surface area contributed by atoms with E-state index in [0.29, 0.717) is 12.2 Å². The number of sulfonamides is 1. The predicted octanol–water partition coefficient (Wildman–Crippen LogP) is 1.69. The molecule has 2 aliphatic rings. The zero-order chi connectivity index (χ0) is 18.2. The molecule has 0 bridgehead atoms. The average Bonchev–Trinajstić information content (AvgIpc) is 2.97. The highest BCUT2D eigenvalue weighted by molar-refractivity contribution is 7.89. The van der Waals surface area contributed by atoms with Gasteiger partial charge in [-0.05, 0) is 44.0 Å². The van der Waals surface area contributed by atoms with Crippen LogP contribution in [0, 0.1) is 5.92 Å². The van der Waals surface area contributed by atoms with E-state index in [0.717, 1.165) is 19.3 Å². The number of carbonyl (C=O) groups excluding carboxylic acids is 1. The first-order valence-electron chi connectivity index (χ1n) is 8.46. The second-order valence-electron chi connectivity index (χ2n) is 6.70. The van der Waals surface area contributed by atoms with Gasteiger partial charge in [-0.15, -0.1) is 0 Å². The molecule has 0 radical (unpaired) electrons. The van der Waals surface area contributed by atoms with Crippen molar-refractivity contribution in [2.45, 2.75) is 43.5 Å². The summed E-state index contributed by atoms with van der Waals surface area (Å²) < 4.78 is 27.1. The number of rotatable bonds is 4. The van der Waals surface area contributed by atoms with E-state index in [9.17, 15) is 18.0 Å². The third-order valence-corrected chi connectivity index (χ3v) is 7.00. The lowest BCUT2D eigenvalue weighted by atomic mass is 10.1. The molecule has 0 unspecified atom stereocenters. The number of nitrogens with zero attached hydrogens (tertiary/aromatic N) is 2. The molecule has 0 saturated carbocycles. The first kappa shape index (κ1) is 17.9. The summed E-state index contributed by atoms with van der Waals surface area (Å²) in [6, 6.07) is 6.11. The van der Waals surface area contributed by atoms with Crippen molar-refractivity contribution in [1.29, 1.82) is 0 Å². The maximum Gasteiger partial charge on any atom is 0.308 e. The molecule has 136 valence electrons. The van der Waals surface area contributed by atoms with Crippen molar-refractivity contribution in [1.82, 2.24) is 4.31 Å². The van der Waals surface area contributed by atoms with Crippen molar-refractivity contribution in [3.8, 4) is 0 Å². The molecule has 3 rings (SSSR count). The topological polar surface area (TPSA) is 95.0 Å². The Hall–Kier alpha value is -1.93. The Balaban J connectivity index is 1.80. The lowest BCUT2D eigenvalue weighted by Crippen LogP contribution is -2.41. The number of carboxylic acid groups (broad SMARTS) is 1. The summed E-state index contributed by atoms with van der Waals surface area (Å²) in [5.41, 5.74) is 0.527. The van der Waals surface area contributed by atoms with Crippen LogP contribution in [-0.2, 0) is 19.6 Å². The summed E-state index contributed by atoms with van der Waals surface area (Å²) in [5, 5.41) is 9.05. The van der Waals surface area contributed by atoms with Gasteiger partial charge in [0.1, 0.15) is 0 Å². The van der Waals surface area contributed by atoms with E-state index in [1.54, 1.807) is 12.1 Å². The molecule has 0 aromatic heterocycles. The molecule has 1 N–H and O–H groups in total. The zero-order valence-electron chi connectivity index (χ0n) is 14.1. The molecule has 25 heavy (non-hydrogen) atoms. The minimum atomic E-state index is -3.55. The fourth-order valence-corrected chi connectivity index (χ4v) is 5.18. The van der Waals surface area contributed by atoms with Crippen LogP contribution in [0.5, 0.6) is 0 Å². The molecule has 2 saturated heterocycles. The third kappa shape index (κ3) is 3.41. The van der Waals surface area contributed by atoms with Crippen molar-refractivity contribution < 1.29 is 23.1 Å². The Morgan fingerprint density at radius 1 is 1.20 bits per heavy atom. The van der Waals surface area contributed by atoms with Gasteiger partial charge in [0.25, 0.3) is 0 Å². The number of aliphatic carboxylic acids is 1. The van der Waals surface area contributed by atoms with Gasteiger partial charge in [0.2, 0.25) is 15.9 Å². The first-order valence-corrected chi connectivity index (χ1v) is 9.90. The Kier molecular flexibility index (Phi) is 4.83. The van der Waals surface area contributed by atoms with Gasteiger partial charge < -0.3 is 10.0 Å². The fourth-order valence-electron chi connectivity index (χ4n) is 3.48. The molecule has 2 aliphatic heterocycles. The highest BCUT2D eigenvalue weighted by Gasteiger charge is 2.35. The number of anilines is 1. The molecule has 2 fully saturated rings. The number of amides is 1. The van der Waals surface area contributed by atoms with Gasteiger partial charge in [-0.1, -0.05) is 6.42 Å². The normalized spacial score (nSPS) is 25.3. The molecule has 0 spiro atoms. The summed E-state index contributed by atoms with van der Waals surface area (Å²) in [4.78, 5) is 24.7. The molecule has 8 heteroatoms. The zero-order valence-corrected chi connectivity index (χ0v) is 14.9. The Morgan fingerprint density at radius 3 is 2.44 bits per heavy atom. The molecular weight excluding hydrogens is 344 g/mol. The maximum atomic E-state index is 12.8. The predicted molar refractivity (Wildman–Crippen MR) is 91.7 cm³/mol. The molecule has 2 heterocycles. The Labute approximate surface area is 147 Å². The highest BCUT2D eigenvalue weighted by atomic mass is 32.2. The summed E-state index contributed by atoms with van der Waals surface area (Å²) in [7, 11) is -3.55. The van der Waals surface area contributed by atoms with Crippen LogP contribution in [0.2, 0.25) is 0 Å². The van der Waals surface area contributed by atoms with Gasteiger partial charge in [-0.3, -0.25) is 9.59 Å². The lowest BCUT2D eigenvalue weighted by Gasteiger charge is -2.32. The second-order valence-corrected chi connectivity index (χ2v) is 8.59. The van der Waals surface area contributed by atoms with Gasteiger partial charge >= 0.3 is 5.97 Å². The molecule has 1 amide bonds. The van der Waals surface area contributed by atoms with Gasteiger partial charge in [-0.2, -0.15) is 4.31 Å². The smallest absolute Gasteiger partial charge is 0.308 e. The van der Waals surface area contributed by atoms with Crippen LogP contribution in [0.3, 0.4) is 0 Å². The van der Waals surface area contributed by atoms with Crippen LogP contribution in [0.4, 0.5) is 5.69 Å². The monoisotopic (exact) mass is 366 g/mol. The van der Waals surface area contributed by atoms with E-state index in [1.807, 2.05) is 6.92 Å². The summed E-state index contributed by atoms with van der Waals surface area (Å²) in [6.07, 6.45) is 2.73. The highest BCUT2D eigenvalue weighted by Crippen LogP contribution is 2.29. The van der Waals surface area contributed by atoms with Gasteiger partial charge in [0.05, 0.1) is 10.8 Å². The van der Waals surface area contributed by atoms with Crippen LogP contribution in [-0.4, -0.2) is 48.8 Å². The van der Waals surface area contributed by atoms with Gasteiger partial charge in [0.15, 0.2) is 0 Å². The number of benzene rings is 1. The van der Waals surface area contributed by atoms with Gasteiger partial charge in [-0.25, -0.2) is 8.42 Å². The van der Waals surface area contributed by atoms with E-state index in [4.69, 9.17) is 5.11 Å². The van der Waals surface area contributed by atoms with Crippen LogP contribution < -0.4 is 4.90 Å². The largest absolute Gasteiger partial charge is 0.481 e. The SMILES string of the molecule is C[C@H]1CCCCN1S(=O)(=O)c1ccc(N2C[C@@H](C(=O)O)CC2=O)cc1. The number of carboxylic acids is 1. The Bertz CT molecular complexity index is 775. The molecule has 7 nitrogen and oxygen atoms in total. The minimum absolute atomic E-state index is 0.0186. The molecule has 0 aliphatic carbocycles. The second kappa shape index (κ2) is 6.76. The summed E-state index contributed by atoms with van der Waals surface area (Å²) in [5.74, 6) is -1.97. The summed E-state index contributed by atoms with van der Waals surface area (Å²) in [6.45, 7) is 2.56. The van der Waals surface area contributed by atoms with E-state index in [-0.39, 0.29) is 29.8 Å². The van der Waals surface area contributed by atoms with Crippen molar-refractivity contribution in [3.63, 3.8) is 0 Å². The number of hydrogen-bond donors (Lipinski definition) is 1. The van der Waals surface area contributed by atoms with Gasteiger partial charge in [0, 0.05) is 31.2 Å². The Morgan fingerprint density at radius 2 is 1.88 bits per heavy atom. The maximum absolute atomic E-state index is 12.8. The van der Waals surface area contributed by atoms with E-state index < -0.39 is 21.9 Å². The van der Waals surface area contributed by atoms with Crippen LogP contribution in [0.1, 0.15) is 32.6 Å². The van der Waals surface area contributed by atoms with Crippen LogP contribution in [0.15, 0.2) is 29.2 Å². The van der Waals surface area contributed by atoms with Crippen LogP contribution >= 0.6 is 0 Å². The quantitative estimate of drug-likeness (QED) is 0.875. The van der Waals surface area contributed by atoms with Crippen molar-refractivity contribution in [2.75, 3.05) is 18.0 Å². The van der Waals surface area contributed by atoms with Crippen molar-refractivity contribution in [2.24, 2.45) is 5.92 Å². The number of hydrogen-bond acceptors (Lipinski definition) is 4. The number of carbonyl (C=O) groups is 2. The molecule has 2 atom stereocenters. The molecule has 1 aromatic carbocycles. The van der Waals surface area contributed by atoms with E-state index >= 15 is 0 Å². The average molecular weight is 366 g/mol. The lowest BCUT2D eigenvalue weighted by molar-refractivity contribution is -0.141. The fraction of sp³-hybridized carbons (Fsp3) is 0.529. The van der Waals surface area contributed by atoms with E-state index in [1.165, 1.54) is 21.3 Å². The summed E-state index contributed by atoms with van der Waals surface area (Å²) >= 11 is 0. The standard InChI is InChI=1S/C17H22N2O5S/c1-12-4-2-3-9-19(12)25(23,24)15-7-5-14(6-8-15)18-11-13(17(21)22)10-16(18)20/h5-8,12-13H,2-4,9-11H2,1H3,(H,21,22)/t12-,13-/m0/s1. The van der Waals surface area contributed by atoms with Crippen molar-refractivity contribution >= 4 is 27.6 Å². The third-order valence-electron chi connectivity index (χ3n) is 4.97. The first-order chi connectivity index (χ1) is 11.8. The van der Waals surface area contributed by atoms with Crippen LogP contribution in [0.25, 0.3) is 0 Å².